The Bertz CT molecular complexity index is 1600. The van der Waals surface area contributed by atoms with Crippen molar-refractivity contribution in [2.24, 2.45) is 4.99 Å². The number of aliphatic imine (C=N–C) groups is 1. The van der Waals surface area contributed by atoms with Crippen molar-refractivity contribution in [3.8, 4) is 0 Å². The number of hydrogen-bond acceptors (Lipinski definition) is 8. The number of guanidine groups is 1. The van der Waals surface area contributed by atoms with Gasteiger partial charge in [-0.1, -0.05) is 0 Å². The molecule has 4 amide bonds. The first kappa shape index (κ1) is 29.5. The lowest BCUT2D eigenvalue weighted by atomic mass is 10.1. The van der Waals surface area contributed by atoms with Crippen LogP contribution in [0, 0.1) is 0 Å². The predicted octanol–water partition coefficient (Wildman–Crippen LogP) is 1.42. The van der Waals surface area contributed by atoms with Crippen molar-refractivity contribution >= 4 is 46.4 Å². The van der Waals surface area contributed by atoms with Crippen LogP contribution < -0.4 is 16.4 Å². The zero-order valence-electron chi connectivity index (χ0n) is 24.1. The fourth-order valence-electron chi connectivity index (χ4n) is 5.07. The molecule has 0 bridgehead atoms. The highest BCUT2D eigenvalue weighted by atomic mass is 16.4. The summed E-state index contributed by atoms with van der Waals surface area (Å²) in [6.45, 7) is 1.85. The van der Waals surface area contributed by atoms with E-state index in [0.717, 1.165) is 19.3 Å². The van der Waals surface area contributed by atoms with Crippen LogP contribution in [0.25, 0.3) is 11.1 Å². The van der Waals surface area contributed by atoms with Gasteiger partial charge in [-0.25, -0.2) is 9.79 Å². The van der Waals surface area contributed by atoms with Crippen LogP contribution >= 0.6 is 0 Å². The van der Waals surface area contributed by atoms with E-state index < -0.39 is 17.7 Å². The highest BCUT2D eigenvalue weighted by Gasteiger charge is 2.30. The van der Waals surface area contributed by atoms with Crippen LogP contribution in [0.1, 0.15) is 53.0 Å². The zero-order valence-corrected chi connectivity index (χ0v) is 24.1. The minimum atomic E-state index is -0.844. The fraction of sp³-hybridized carbons (Fsp3) is 0.414. The summed E-state index contributed by atoms with van der Waals surface area (Å²) >= 11 is 0. The lowest BCUT2D eigenvalue weighted by molar-refractivity contribution is -0.140. The highest BCUT2D eigenvalue weighted by Crippen LogP contribution is 2.19. The molecule has 2 aliphatic rings. The van der Waals surface area contributed by atoms with Crippen molar-refractivity contribution in [2.45, 2.75) is 38.1 Å². The zero-order chi connectivity index (χ0) is 30.5. The number of amides is 4. The average molecular weight is 591 g/mol. The standard InChI is InChI=1S/C29H34N8O6/c1-35(2)26(40)21-10-8-18(16-30-21)25(39)34-28(31-19-9-11-20-23(15-19)43-29(42)33-20)32-22-7-3-4-14-37(27(22)41)17-24(38)36-12-5-6-13-36/h8-11,15-16,22H,3-7,12-14,17H2,1-2H3,(H,33,42)(H2,31,32,34,39). The van der Waals surface area contributed by atoms with E-state index in [1.54, 1.807) is 42.1 Å². The van der Waals surface area contributed by atoms with Gasteiger partial charge >= 0.3 is 5.76 Å². The molecule has 0 saturated carbocycles. The highest BCUT2D eigenvalue weighted by molar-refractivity contribution is 6.11. The molecule has 1 unspecified atom stereocenters. The van der Waals surface area contributed by atoms with Crippen LogP contribution in [0.15, 0.2) is 50.7 Å². The monoisotopic (exact) mass is 590 g/mol. The fourth-order valence-corrected chi connectivity index (χ4v) is 5.07. The maximum Gasteiger partial charge on any atom is 0.417 e. The minimum absolute atomic E-state index is 0.00709. The number of pyridine rings is 1. The Morgan fingerprint density at radius 3 is 2.56 bits per heavy atom. The summed E-state index contributed by atoms with van der Waals surface area (Å²) in [7, 11) is 3.21. The van der Waals surface area contributed by atoms with Crippen LogP contribution in [0.5, 0.6) is 0 Å². The molecule has 2 saturated heterocycles. The van der Waals surface area contributed by atoms with Gasteiger partial charge in [-0.15, -0.1) is 0 Å². The molecular formula is C29H34N8O6. The molecule has 43 heavy (non-hydrogen) atoms. The largest absolute Gasteiger partial charge is 0.417 e. The molecular weight excluding hydrogens is 556 g/mol. The number of fused-ring (bicyclic) bond motifs is 1. The third-order valence-electron chi connectivity index (χ3n) is 7.39. The number of rotatable bonds is 6. The molecule has 14 nitrogen and oxygen atoms in total. The predicted molar refractivity (Wildman–Crippen MR) is 158 cm³/mol. The lowest BCUT2D eigenvalue weighted by Crippen LogP contribution is -2.45. The Kier molecular flexibility index (Phi) is 8.83. The van der Waals surface area contributed by atoms with Crippen LogP contribution in [0.2, 0.25) is 0 Å². The number of hydrogen-bond donors (Lipinski definition) is 3. The molecule has 0 aliphatic carbocycles. The minimum Gasteiger partial charge on any atom is -0.408 e. The Morgan fingerprint density at radius 1 is 1.07 bits per heavy atom. The van der Waals surface area contributed by atoms with Crippen molar-refractivity contribution in [2.75, 3.05) is 45.6 Å². The first-order valence-electron chi connectivity index (χ1n) is 14.2. The van der Waals surface area contributed by atoms with Crippen LogP contribution in [0.3, 0.4) is 0 Å². The number of aromatic amines is 1. The topological polar surface area (TPSA) is 173 Å². The summed E-state index contributed by atoms with van der Waals surface area (Å²) in [5.41, 5.74) is 1.59. The van der Waals surface area contributed by atoms with Crippen LogP contribution in [0.4, 0.5) is 5.69 Å². The number of carbonyl (C=O) groups is 4. The normalized spacial score (nSPS) is 17.6. The van der Waals surface area contributed by atoms with E-state index in [1.807, 2.05) is 0 Å². The molecule has 0 spiro atoms. The quantitative estimate of drug-likeness (QED) is 0.286. The summed E-state index contributed by atoms with van der Waals surface area (Å²) in [5.74, 6) is -1.86. The van der Waals surface area contributed by atoms with Crippen molar-refractivity contribution in [3.05, 3.63) is 58.3 Å². The van der Waals surface area contributed by atoms with Gasteiger partial charge in [-0.3, -0.25) is 34.5 Å². The Morgan fingerprint density at radius 2 is 1.84 bits per heavy atom. The number of benzene rings is 1. The average Bonchev–Trinajstić information content (AvgIpc) is 3.63. The van der Waals surface area contributed by atoms with E-state index >= 15 is 0 Å². The number of anilines is 1. The lowest BCUT2D eigenvalue weighted by Gasteiger charge is -2.25. The Hall–Kier alpha value is -5.01. The molecule has 1 aromatic carbocycles. The molecule has 0 radical (unpaired) electrons. The second kappa shape index (κ2) is 12.9. The van der Waals surface area contributed by atoms with Gasteiger partial charge in [0.1, 0.15) is 11.7 Å². The van der Waals surface area contributed by atoms with Crippen molar-refractivity contribution in [1.29, 1.82) is 0 Å². The molecule has 4 heterocycles. The summed E-state index contributed by atoms with van der Waals surface area (Å²) in [6, 6.07) is 6.94. The smallest absolute Gasteiger partial charge is 0.408 e. The molecule has 14 heteroatoms. The SMILES string of the molecule is CN(C)C(=O)c1ccc(C(=O)NC(=NC2CCCCN(CC(=O)N3CCCC3)C2=O)Nc2ccc3[nH]c(=O)oc3c2)cn1. The first-order chi connectivity index (χ1) is 20.7. The van der Waals surface area contributed by atoms with Crippen LogP contribution in [-0.2, 0) is 9.59 Å². The van der Waals surface area contributed by atoms with E-state index in [9.17, 15) is 24.0 Å². The summed E-state index contributed by atoms with van der Waals surface area (Å²) in [6.07, 6.45) is 5.08. The first-order valence-corrected chi connectivity index (χ1v) is 14.2. The van der Waals surface area contributed by atoms with Gasteiger partial charge in [0.25, 0.3) is 11.8 Å². The third kappa shape index (κ3) is 7.08. The van der Waals surface area contributed by atoms with E-state index in [4.69, 9.17) is 4.42 Å². The van der Waals surface area contributed by atoms with Gasteiger partial charge in [-0.2, -0.15) is 0 Å². The van der Waals surface area contributed by atoms with Crippen molar-refractivity contribution < 1.29 is 23.6 Å². The molecule has 3 N–H and O–H groups in total. The molecule has 1 atom stereocenters. The number of nitrogens with one attached hydrogen (secondary N) is 3. The van der Waals surface area contributed by atoms with E-state index in [0.29, 0.717) is 49.3 Å². The van der Waals surface area contributed by atoms with Crippen molar-refractivity contribution in [1.82, 2.24) is 30.0 Å². The molecule has 226 valence electrons. The molecule has 2 fully saturated rings. The number of nitrogens with zero attached hydrogens (tertiary/aromatic N) is 5. The number of H-pyrrole nitrogens is 1. The van der Waals surface area contributed by atoms with Gasteiger partial charge in [0.05, 0.1) is 17.6 Å². The van der Waals surface area contributed by atoms with E-state index in [2.05, 4.69) is 25.6 Å². The maximum absolute atomic E-state index is 13.6. The Balaban J connectivity index is 1.39. The number of oxazole rings is 1. The maximum atomic E-state index is 13.6. The number of aromatic nitrogens is 2. The van der Waals surface area contributed by atoms with E-state index in [-0.39, 0.29) is 41.5 Å². The second-order valence-electron chi connectivity index (χ2n) is 10.8. The van der Waals surface area contributed by atoms with Gasteiger partial charge in [0, 0.05) is 51.7 Å². The molecule has 3 aromatic rings. The Labute approximate surface area is 247 Å². The van der Waals surface area contributed by atoms with Gasteiger partial charge in [0.2, 0.25) is 17.8 Å². The molecule has 2 aromatic heterocycles. The molecule has 5 rings (SSSR count). The van der Waals surface area contributed by atoms with E-state index in [1.165, 1.54) is 23.2 Å². The summed E-state index contributed by atoms with van der Waals surface area (Å²) < 4.78 is 5.15. The molecule has 2 aliphatic heterocycles. The van der Waals surface area contributed by atoms with Gasteiger partial charge in [-0.05, 0) is 56.4 Å². The summed E-state index contributed by atoms with van der Waals surface area (Å²) in [5, 5.41) is 5.74. The number of likely N-dealkylation sites (tertiary alicyclic amines) is 2. The van der Waals surface area contributed by atoms with Gasteiger partial charge < -0.3 is 24.4 Å². The summed E-state index contributed by atoms with van der Waals surface area (Å²) in [4.78, 5) is 79.5. The van der Waals surface area contributed by atoms with Crippen molar-refractivity contribution in [3.63, 3.8) is 0 Å². The third-order valence-corrected chi connectivity index (χ3v) is 7.39. The second-order valence-corrected chi connectivity index (χ2v) is 10.8. The number of carbonyl (C=O) groups excluding carboxylic acids is 4. The van der Waals surface area contributed by atoms with Crippen LogP contribution in [-0.4, -0.2) is 101 Å². The van der Waals surface area contributed by atoms with Gasteiger partial charge in [0.15, 0.2) is 5.58 Å².